The highest BCUT2D eigenvalue weighted by molar-refractivity contribution is 5.78. The summed E-state index contributed by atoms with van der Waals surface area (Å²) < 4.78 is 2.23. The Bertz CT molecular complexity index is 716. The van der Waals surface area contributed by atoms with Gasteiger partial charge in [-0.15, -0.1) is 0 Å². The summed E-state index contributed by atoms with van der Waals surface area (Å²) in [5, 5.41) is 0. The van der Waals surface area contributed by atoms with Crippen LogP contribution in [0.1, 0.15) is 45.0 Å². The molecule has 0 bridgehead atoms. The molecule has 2 heterocycles. The lowest BCUT2D eigenvalue weighted by Crippen LogP contribution is -2.31. The number of benzene rings is 1. The molecule has 3 rings (SSSR count). The second kappa shape index (κ2) is 5.95. The number of imidazole rings is 1. The third-order valence-electron chi connectivity index (χ3n) is 4.29. The van der Waals surface area contributed by atoms with E-state index in [1.54, 1.807) is 0 Å². The lowest BCUT2D eigenvalue weighted by molar-refractivity contribution is -0.131. The maximum atomic E-state index is 12.2. The van der Waals surface area contributed by atoms with Crippen LogP contribution in [0.5, 0.6) is 0 Å². The van der Waals surface area contributed by atoms with Crippen molar-refractivity contribution >= 4 is 16.9 Å². The molecule has 0 spiro atoms. The number of likely N-dealkylation sites (tertiary alicyclic amines) is 1. The van der Waals surface area contributed by atoms with Crippen molar-refractivity contribution < 1.29 is 4.79 Å². The molecule has 1 aromatic carbocycles. The van der Waals surface area contributed by atoms with E-state index in [0.717, 1.165) is 48.4 Å². The molecule has 1 saturated heterocycles. The summed E-state index contributed by atoms with van der Waals surface area (Å²) in [5.74, 6) is 1.22. The number of carbonyl (C=O) groups excluding carboxylic acids is 1. The number of nitrogens with zero attached hydrogens (tertiary/aromatic N) is 3. The highest BCUT2D eigenvalue weighted by atomic mass is 16.2. The molecular weight excluding hydrogens is 274 g/mol. The van der Waals surface area contributed by atoms with Crippen molar-refractivity contribution in [3.8, 4) is 0 Å². The number of aromatic nitrogens is 2. The zero-order chi connectivity index (χ0) is 15.7. The molecule has 116 valence electrons. The van der Waals surface area contributed by atoms with Gasteiger partial charge in [0.2, 0.25) is 5.91 Å². The summed E-state index contributed by atoms with van der Waals surface area (Å²) >= 11 is 0. The van der Waals surface area contributed by atoms with Crippen LogP contribution in [-0.2, 0) is 11.3 Å². The predicted octanol–water partition coefficient (Wildman–Crippen LogP) is 3.69. The van der Waals surface area contributed by atoms with Crippen LogP contribution in [0.3, 0.4) is 0 Å². The van der Waals surface area contributed by atoms with Crippen molar-refractivity contribution in [3.63, 3.8) is 0 Å². The van der Waals surface area contributed by atoms with Crippen LogP contribution in [-0.4, -0.2) is 26.9 Å². The fourth-order valence-corrected chi connectivity index (χ4v) is 3.32. The second-order valence-electron chi connectivity index (χ2n) is 6.10. The maximum absolute atomic E-state index is 12.2. The van der Waals surface area contributed by atoms with E-state index < -0.39 is 0 Å². The summed E-state index contributed by atoms with van der Waals surface area (Å²) in [6, 6.07) is 8.27. The zero-order valence-corrected chi connectivity index (χ0v) is 13.4. The third kappa shape index (κ3) is 2.54. The first-order chi connectivity index (χ1) is 10.6. The van der Waals surface area contributed by atoms with Gasteiger partial charge in [0, 0.05) is 19.5 Å². The first-order valence-corrected chi connectivity index (χ1v) is 8.00. The van der Waals surface area contributed by atoms with Crippen LogP contribution < -0.4 is 0 Å². The molecule has 1 aliphatic heterocycles. The topological polar surface area (TPSA) is 38.1 Å². The number of rotatable bonds is 4. The van der Waals surface area contributed by atoms with Crippen molar-refractivity contribution in [2.24, 2.45) is 0 Å². The normalized spacial score (nSPS) is 18.1. The van der Waals surface area contributed by atoms with Crippen LogP contribution in [0.25, 0.3) is 11.0 Å². The van der Waals surface area contributed by atoms with E-state index in [2.05, 4.69) is 17.2 Å². The molecule has 2 aromatic rings. The molecule has 1 aromatic heterocycles. The van der Waals surface area contributed by atoms with Crippen LogP contribution in [0, 0.1) is 0 Å². The van der Waals surface area contributed by atoms with Crippen LogP contribution in [0.15, 0.2) is 36.4 Å². The summed E-state index contributed by atoms with van der Waals surface area (Å²) in [5.41, 5.74) is 3.21. The average molecular weight is 297 g/mol. The van der Waals surface area contributed by atoms with Gasteiger partial charge >= 0.3 is 0 Å². The molecule has 4 nitrogen and oxygen atoms in total. The Labute approximate surface area is 131 Å². The minimum absolute atomic E-state index is 0.0965. The van der Waals surface area contributed by atoms with E-state index in [0.29, 0.717) is 6.42 Å². The summed E-state index contributed by atoms with van der Waals surface area (Å²) in [7, 11) is 0. The molecule has 1 amide bonds. The van der Waals surface area contributed by atoms with E-state index in [4.69, 9.17) is 4.98 Å². The fourth-order valence-electron chi connectivity index (χ4n) is 3.32. The molecule has 0 saturated carbocycles. The van der Waals surface area contributed by atoms with Gasteiger partial charge in [-0.25, -0.2) is 4.98 Å². The van der Waals surface area contributed by atoms with Gasteiger partial charge in [-0.1, -0.05) is 31.2 Å². The average Bonchev–Trinajstić information content (AvgIpc) is 3.11. The number of amides is 1. The van der Waals surface area contributed by atoms with Gasteiger partial charge in [0.15, 0.2) is 0 Å². The SMILES string of the molecule is C=C(C)Cn1c([C@@H]2CCCN2C(=O)CC)nc2ccccc21. The van der Waals surface area contributed by atoms with Crippen molar-refractivity contribution in [1.82, 2.24) is 14.5 Å². The Kier molecular flexibility index (Phi) is 4.01. The molecule has 1 atom stereocenters. The fraction of sp³-hybridized carbons (Fsp3) is 0.444. The Morgan fingerprint density at radius 3 is 2.91 bits per heavy atom. The van der Waals surface area contributed by atoms with Crippen LogP contribution in [0.2, 0.25) is 0 Å². The third-order valence-corrected chi connectivity index (χ3v) is 4.29. The first-order valence-electron chi connectivity index (χ1n) is 8.00. The van der Waals surface area contributed by atoms with Crippen LogP contribution in [0.4, 0.5) is 0 Å². The van der Waals surface area contributed by atoms with Crippen molar-refractivity contribution in [1.29, 1.82) is 0 Å². The smallest absolute Gasteiger partial charge is 0.222 e. The summed E-state index contributed by atoms with van der Waals surface area (Å²) in [6.07, 6.45) is 2.59. The molecule has 0 aliphatic carbocycles. The van der Waals surface area contributed by atoms with Crippen molar-refractivity contribution in [3.05, 3.63) is 42.2 Å². The molecule has 4 heteroatoms. The predicted molar refractivity (Wildman–Crippen MR) is 88.5 cm³/mol. The maximum Gasteiger partial charge on any atom is 0.222 e. The highest BCUT2D eigenvalue weighted by Gasteiger charge is 2.32. The minimum atomic E-state index is 0.0965. The number of hydrogen-bond acceptors (Lipinski definition) is 2. The standard InChI is InChI=1S/C18H23N3O/c1-4-17(22)20-11-7-10-16(20)18-19-14-8-5-6-9-15(14)21(18)12-13(2)3/h5-6,8-9,16H,2,4,7,10-12H2,1,3H3/t16-/m0/s1. The van der Waals surface area contributed by atoms with Gasteiger partial charge < -0.3 is 9.47 Å². The van der Waals surface area contributed by atoms with E-state index in [1.165, 1.54) is 0 Å². The Balaban J connectivity index is 2.09. The van der Waals surface area contributed by atoms with Gasteiger partial charge in [0.25, 0.3) is 0 Å². The number of hydrogen-bond donors (Lipinski definition) is 0. The molecule has 0 unspecified atom stereocenters. The molecule has 1 aliphatic rings. The highest BCUT2D eigenvalue weighted by Crippen LogP contribution is 2.34. The Morgan fingerprint density at radius 2 is 2.18 bits per heavy atom. The van der Waals surface area contributed by atoms with Gasteiger partial charge in [-0.05, 0) is 31.9 Å². The Morgan fingerprint density at radius 1 is 1.41 bits per heavy atom. The van der Waals surface area contributed by atoms with Gasteiger partial charge in [-0.2, -0.15) is 0 Å². The largest absolute Gasteiger partial charge is 0.333 e. The molecule has 0 radical (unpaired) electrons. The van der Waals surface area contributed by atoms with Crippen LogP contribution >= 0.6 is 0 Å². The van der Waals surface area contributed by atoms with Gasteiger partial charge in [0.05, 0.1) is 17.1 Å². The zero-order valence-electron chi connectivity index (χ0n) is 13.4. The van der Waals surface area contributed by atoms with E-state index >= 15 is 0 Å². The number of fused-ring (bicyclic) bond motifs is 1. The lowest BCUT2D eigenvalue weighted by Gasteiger charge is -2.25. The van der Waals surface area contributed by atoms with Gasteiger partial charge in [-0.3, -0.25) is 4.79 Å². The monoisotopic (exact) mass is 297 g/mol. The van der Waals surface area contributed by atoms with Gasteiger partial charge in [0.1, 0.15) is 5.82 Å². The Hall–Kier alpha value is -2.10. The first kappa shape index (κ1) is 14.8. The molecule has 22 heavy (non-hydrogen) atoms. The van der Waals surface area contributed by atoms with Crippen molar-refractivity contribution in [2.75, 3.05) is 6.54 Å². The van der Waals surface area contributed by atoms with E-state index in [-0.39, 0.29) is 11.9 Å². The molecular formula is C18H23N3O. The van der Waals surface area contributed by atoms with Crippen molar-refractivity contribution in [2.45, 2.75) is 45.7 Å². The molecule has 1 fully saturated rings. The summed E-state index contributed by atoms with van der Waals surface area (Å²) in [4.78, 5) is 19.1. The van der Waals surface area contributed by atoms with E-state index in [1.807, 2.05) is 36.9 Å². The lowest BCUT2D eigenvalue weighted by atomic mass is 10.2. The molecule has 0 N–H and O–H groups in total. The quantitative estimate of drug-likeness (QED) is 0.807. The number of para-hydroxylation sites is 2. The number of allylic oxidation sites excluding steroid dienone is 1. The summed E-state index contributed by atoms with van der Waals surface area (Å²) in [6.45, 7) is 9.59. The number of carbonyl (C=O) groups is 1. The van der Waals surface area contributed by atoms with E-state index in [9.17, 15) is 4.79 Å². The second-order valence-corrected chi connectivity index (χ2v) is 6.10. The minimum Gasteiger partial charge on any atom is -0.333 e.